The molecule has 2 heterocycles. The van der Waals surface area contributed by atoms with Crippen LogP contribution in [-0.2, 0) is 23.4 Å². The summed E-state index contributed by atoms with van der Waals surface area (Å²) in [5, 5.41) is 13.1. The first-order valence-electron chi connectivity index (χ1n) is 11.8. The molecule has 0 amide bonds. The molecule has 3 rings (SSSR count). The van der Waals surface area contributed by atoms with Gasteiger partial charge in [0.05, 0.1) is 26.0 Å². The molecule has 0 saturated carbocycles. The number of rotatable bonds is 13. The number of aliphatic hydroxyl groups is 1. The predicted molar refractivity (Wildman–Crippen MR) is 130 cm³/mol. The summed E-state index contributed by atoms with van der Waals surface area (Å²) < 4.78 is 50.3. The molecule has 1 saturated heterocycles. The molecular weight excluding hydrogens is 512 g/mol. The molecule has 0 aliphatic carbocycles. The van der Waals surface area contributed by atoms with Gasteiger partial charge in [-0.2, -0.15) is 5.09 Å². The third-order valence-electron chi connectivity index (χ3n) is 5.65. The van der Waals surface area contributed by atoms with E-state index in [4.69, 9.17) is 18.5 Å². The summed E-state index contributed by atoms with van der Waals surface area (Å²) in [6.07, 6.45) is -1.35. The Morgan fingerprint density at radius 1 is 1.30 bits per heavy atom. The van der Waals surface area contributed by atoms with Crippen molar-refractivity contribution in [1.82, 2.24) is 14.6 Å². The average Bonchev–Trinajstić information content (AvgIpc) is 3.18. The highest BCUT2D eigenvalue weighted by molar-refractivity contribution is 7.52. The van der Waals surface area contributed by atoms with Crippen LogP contribution in [0.5, 0.6) is 5.75 Å². The second-order valence-corrected chi connectivity index (χ2v) is 10.2. The molecule has 2 aromatic rings. The van der Waals surface area contributed by atoms with Crippen LogP contribution in [0.2, 0.25) is 0 Å². The second kappa shape index (κ2) is 13.1. The maximum Gasteiger partial charge on any atom is 0.459 e. The quantitative estimate of drug-likeness (QED) is 0.194. The molecule has 12 nitrogen and oxygen atoms in total. The Morgan fingerprint density at radius 3 is 2.68 bits per heavy atom. The van der Waals surface area contributed by atoms with Crippen LogP contribution in [0.15, 0.2) is 52.2 Å². The van der Waals surface area contributed by atoms with Crippen molar-refractivity contribution in [1.29, 1.82) is 0 Å². The normalized spacial score (nSPS) is 23.8. The van der Waals surface area contributed by atoms with E-state index in [1.807, 2.05) is 11.9 Å². The van der Waals surface area contributed by atoms with Crippen LogP contribution in [0.25, 0.3) is 0 Å². The van der Waals surface area contributed by atoms with Crippen molar-refractivity contribution < 1.29 is 37.4 Å². The molecule has 0 bridgehead atoms. The number of aliphatic hydroxyl groups excluding tert-OH is 1. The summed E-state index contributed by atoms with van der Waals surface area (Å²) in [5.41, 5.74) is -1.51. The number of unbranched alkanes of at least 4 members (excludes halogenated alkanes) is 1. The van der Waals surface area contributed by atoms with Gasteiger partial charge in [0.25, 0.3) is 5.56 Å². The number of aromatic nitrogens is 2. The van der Waals surface area contributed by atoms with Gasteiger partial charge in [0.1, 0.15) is 17.9 Å². The Morgan fingerprint density at radius 2 is 2.03 bits per heavy atom. The van der Waals surface area contributed by atoms with Gasteiger partial charge in [0.15, 0.2) is 6.23 Å². The van der Waals surface area contributed by atoms with Crippen LogP contribution < -0.4 is 20.9 Å². The maximum atomic E-state index is 13.9. The molecule has 1 aromatic carbocycles. The molecule has 1 aromatic heterocycles. The van der Waals surface area contributed by atoms with Crippen LogP contribution in [0.3, 0.4) is 0 Å². The number of benzene rings is 1. The zero-order valence-corrected chi connectivity index (χ0v) is 21.3. The lowest BCUT2D eigenvalue weighted by atomic mass is 10.00. The van der Waals surface area contributed by atoms with Crippen LogP contribution >= 0.6 is 7.75 Å². The van der Waals surface area contributed by atoms with Gasteiger partial charge >= 0.3 is 19.4 Å². The zero-order chi connectivity index (χ0) is 27.0. The van der Waals surface area contributed by atoms with E-state index in [9.17, 15) is 28.4 Å². The fourth-order valence-corrected chi connectivity index (χ4v) is 5.12. The van der Waals surface area contributed by atoms with Crippen molar-refractivity contribution in [3.05, 3.63) is 63.4 Å². The number of hydrogen-bond acceptors (Lipinski definition) is 9. The van der Waals surface area contributed by atoms with Gasteiger partial charge in [-0.1, -0.05) is 31.5 Å². The van der Waals surface area contributed by atoms with Crippen molar-refractivity contribution in [2.24, 2.45) is 5.92 Å². The van der Waals surface area contributed by atoms with Crippen LogP contribution in [0.1, 0.15) is 32.9 Å². The fraction of sp³-hybridized carbons (Fsp3) is 0.522. The van der Waals surface area contributed by atoms with E-state index in [1.165, 1.54) is 19.1 Å². The summed E-state index contributed by atoms with van der Waals surface area (Å²) in [6, 6.07) is 8.04. The average molecular weight is 543 g/mol. The first-order chi connectivity index (χ1) is 17.7. The number of esters is 1. The lowest BCUT2D eigenvalue weighted by Crippen LogP contribution is -2.37. The van der Waals surface area contributed by atoms with Crippen LogP contribution in [0.4, 0.5) is 4.39 Å². The molecule has 0 spiro atoms. The summed E-state index contributed by atoms with van der Waals surface area (Å²) in [7, 11) is -4.26. The molecule has 1 aliphatic rings. The van der Waals surface area contributed by atoms with Crippen molar-refractivity contribution >= 4 is 13.7 Å². The van der Waals surface area contributed by atoms with Crippen molar-refractivity contribution in [2.45, 2.75) is 51.2 Å². The first-order valence-corrected chi connectivity index (χ1v) is 13.4. The van der Waals surface area contributed by atoms with Crippen LogP contribution in [0, 0.1) is 5.92 Å². The van der Waals surface area contributed by atoms with Crippen LogP contribution in [-0.4, -0.2) is 58.8 Å². The van der Waals surface area contributed by atoms with E-state index in [0.29, 0.717) is 6.42 Å². The summed E-state index contributed by atoms with van der Waals surface area (Å²) in [5.74, 6) is -1.64. The minimum atomic E-state index is -4.26. The Labute approximate surface area is 212 Å². The molecule has 204 valence electrons. The number of carbonyl (C=O) groups excluding carboxylic acids is 1. The minimum Gasteiger partial charge on any atom is -0.465 e. The third kappa shape index (κ3) is 7.59. The summed E-state index contributed by atoms with van der Waals surface area (Å²) >= 11 is 0. The number of nitrogens with zero attached hydrogens (tertiary/aromatic N) is 1. The Hall–Kier alpha value is -2.83. The highest BCUT2D eigenvalue weighted by Gasteiger charge is 2.46. The lowest BCUT2D eigenvalue weighted by Gasteiger charge is -2.25. The SMILES string of the molecule is CCCCOC(=O)C(C)NP(=O)(OC[C@H]1O[C@@H](n2ccc(=O)[nH]c2=O)[C@H](O)[C@@H]1CF)Oc1ccccc1. The number of para-hydroxylation sites is 1. The first kappa shape index (κ1) is 28.7. The molecule has 6 atom stereocenters. The predicted octanol–water partition coefficient (Wildman–Crippen LogP) is 1.91. The molecule has 1 fully saturated rings. The van der Waals surface area contributed by atoms with Gasteiger partial charge in [-0.3, -0.25) is 28.1 Å². The molecule has 3 N–H and O–H groups in total. The number of aromatic amines is 1. The van der Waals surface area contributed by atoms with Gasteiger partial charge in [-0.05, 0) is 25.5 Å². The number of carbonyl (C=O) groups is 1. The van der Waals surface area contributed by atoms with Gasteiger partial charge in [-0.25, -0.2) is 9.36 Å². The van der Waals surface area contributed by atoms with Crippen molar-refractivity contribution in [3.63, 3.8) is 0 Å². The standard InChI is InChI=1S/C23H31FN3O9P/c1-3-4-12-33-22(30)15(2)26-37(32,36-16-8-6-5-7-9-16)34-14-18-17(13-24)20(29)21(35-18)27-11-10-19(28)25-23(27)31/h5-11,15,17-18,20-21,29H,3-4,12-14H2,1-2H3,(H,26,32)(H,25,28,31)/t15?,17-,18-,20-,21-,37?/m1/s1. The minimum absolute atomic E-state index is 0.178. The van der Waals surface area contributed by atoms with Gasteiger partial charge < -0.3 is 19.1 Å². The molecule has 1 aliphatic heterocycles. The second-order valence-electron chi connectivity index (χ2n) is 8.46. The number of alkyl halides is 1. The van der Waals surface area contributed by atoms with Crippen molar-refractivity contribution in [3.8, 4) is 5.75 Å². The van der Waals surface area contributed by atoms with E-state index >= 15 is 0 Å². The van der Waals surface area contributed by atoms with E-state index in [2.05, 4.69) is 5.09 Å². The monoisotopic (exact) mass is 543 g/mol. The number of nitrogens with one attached hydrogen (secondary N) is 2. The topological polar surface area (TPSA) is 158 Å². The fourth-order valence-electron chi connectivity index (χ4n) is 3.62. The molecular formula is C23H31FN3O9P. The smallest absolute Gasteiger partial charge is 0.459 e. The van der Waals surface area contributed by atoms with E-state index < -0.39 is 68.6 Å². The van der Waals surface area contributed by atoms with Crippen molar-refractivity contribution in [2.75, 3.05) is 19.9 Å². The zero-order valence-electron chi connectivity index (χ0n) is 20.4. The van der Waals surface area contributed by atoms with Gasteiger partial charge in [0, 0.05) is 18.2 Å². The third-order valence-corrected chi connectivity index (χ3v) is 7.29. The molecule has 0 radical (unpaired) electrons. The highest BCUT2D eigenvalue weighted by atomic mass is 31.2. The van der Waals surface area contributed by atoms with Gasteiger partial charge in [0.2, 0.25) is 0 Å². The highest BCUT2D eigenvalue weighted by Crippen LogP contribution is 2.46. The molecule has 14 heteroatoms. The maximum absolute atomic E-state index is 13.9. The summed E-state index contributed by atoms with van der Waals surface area (Å²) in [6.45, 7) is 2.01. The number of H-pyrrole nitrogens is 1. The van der Waals surface area contributed by atoms with E-state index in [0.717, 1.165) is 23.3 Å². The number of halogens is 1. The number of hydrogen-bond donors (Lipinski definition) is 3. The Bertz CT molecular complexity index is 1190. The van der Waals surface area contributed by atoms with Gasteiger partial charge in [-0.15, -0.1) is 0 Å². The van der Waals surface area contributed by atoms with E-state index in [1.54, 1.807) is 18.2 Å². The molecule has 37 heavy (non-hydrogen) atoms. The summed E-state index contributed by atoms with van der Waals surface area (Å²) in [4.78, 5) is 37.9. The number of ether oxygens (including phenoxy) is 2. The van der Waals surface area contributed by atoms with E-state index in [-0.39, 0.29) is 12.4 Å². The Balaban J connectivity index is 1.76. The molecule has 2 unspecified atom stereocenters. The Kier molecular flexibility index (Phi) is 10.2. The largest absolute Gasteiger partial charge is 0.465 e. The lowest BCUT2D eigenvalue weighted by molar-refractivity contribution is -0.145.